The molecule has 0 fully saturated rings. The molecule has 0 unspecified atom stereocenters. The van der Waals surface area contributed by atoms with Gasteiger partial charge in [0.25, 0.3) is 5.91 Å². The average Bonchev–Trinajstić information content (AvgIpc) is 2.96. The van der Waals surface area contributed by atoms with E-state index in [1.807, 2.05) is 30.4 Å². The molecule has 1 heterocycles. The van der Waals surface area contributed by atoms with Crippen LogP contribution in [0.3, 0.4) is 0 Å². The highest BCUT2D eigenvalue weighted by Gasteiger charge is 2.20. The number of rotatable bonds is 9. The summed E-state index contributed by atoms with van der Waals surface area (Å²) >= 11 is 0. The summed E-state index contributed by atoms with van der Waals surface area (Å²) < 4.78 is 57.2. The number of aryl methyl sites for hydroxylation is 1. The maximum atomic E-state index is 14.6. The minimum absolute atomic E-state index is 0.289. The first-order chi connectivity index (χ1) is 19.6. The van der Waals surface area contributed by atoms with Crippen LogP contribution in [0.2, 0.25) is 0 Å². The SMILES string of the molecule is CCOCc1cc(OC)c(-c2cc(F)c(C)c3cccnc23)c(OC)c1.O=C(O)CNC(=O)c1c(F)cccc1F. The smallest absolute Gasteiger partial charge is 0.322 e. The number of pyridine rings is 1. The molecule has 1 aromatic heterocycles. The largest absolute Gasteiger partial charge is 0.496 e. The normalized spacial score (nSPS) is 10.5. The summed E-state index contributed by atoms with van der Waals surface area (Å²) in [5, 5.41) is 10.9. The van der Waals surface area contributed by atoms with Crippen LogP contribution in [0.15, 0.2) is 54.7 Å². The Morgan fingerprint density at radius 1 is 0.951 bits per heavy atom. The molecule has 8 nitrogen and oxygen atoms in total. The van der Waals surface area contributed by atoms with Gasteiger partial charge in [-0.05, 0) is 61.4 Å². The van der Waals surface area contributed by atoms with Gasteiger partial charge in [0.15, 0.2) is 0 Å². The van der Waals surface area contributed by atoms with Crippen molar-refractivity contribution in [3.05, 3.63) is 88.9 Å². The van der Waals surface area contributed by atoms with Crippen LogP contribution in [0.4, 0.5) is 13.2 Å². The van der Waals surface area contributed by atoms with Gasteiger partial charge in [0.05, 0.1) is 31.9 Å². The van der Waals surface area contributed by atoms with Crippen molar-refractivity contribution >= 4 is 22.8 Å². The molecule has 4 aromatic rings. The average molecular weight is 571 g/mol. The summed E-state index contributed by atoms with van der Waals surface area (Å²) in [6.45, 7) is 4.07. The summed E-state index contributed by atoms with van der Waals surface area (Å²) in [6, 6.07) is 11.9. The van der Waals surface area contributed by atoms with Crippen molar-refractivity contribution in [3.8, 4) is 22.6 Å². The van der Waals surface area contributed by atoms with E-state index in [1.165, 1.54) is 6.07 Å². The van der Waals surface area contributed by atoms with E-state index in [2.05, 4.69) is 4.98 Å². The number of aromatic nitrogens is 1. The Morgan fingerprint density at radius 3 is 2.15 bits per heavy atom. The highest BCUT2D eigenvalue weighted by molar-refractivity contribution is 5.99. The minimum Gasteiger partial charge on any atom is -0.496 e. The molecule has 0 aliphatic heterocycles. The first-order valence-electron chi connectivity index (χ1n) is 12.4. The molecule has 0 atom stereocenters. The molecular weight excluding hydrogens is 541 g/mol. The standard InChI is InChI=1S/C21H22FNO3.C9H7F2NO3/c1-5-26-12-14-9-18(24-3)20(19(10-14)25-4)16-11-17(22)13(2)15-7-6-8-23-21(15)16;10-5-2-1-3-6(11)8(5)9(15)12-4-7(13)14/h6-11H,5,12H2,1-4H3;1-3H,4H2,(H,12,15)(H,13,14). The predicted octanol–water partition coefficient (Wildman–Crippen LogP) is 5.68. The third-order valence-corrected chi connectivity index (χ3v) is 5.99. The van der Waals surface area contributed by atoms with Crippen LogP contribution in [-0.2, 0) is 16.1 Å². The van der Waals surface area contributed by atoms with Gasteiger partial charge >= 0.3 is 5.97 Å². The van der Waals surface area contributed by atoms with Gasteiger partial charge in [-0.2, -0.15) is 0 Å². The number of aliphatic carboxylic acids is 1. The van der Waals surface area contributed by atoms with E-state index < -0.39 is 35.6 Å². The monoisotopic (exact) mass is 570 g/mol. The number of methoxy groups -OCH3 is 2. The number of fused-ring (bicyclic) bond motifs is 1. The van der Waals surface area contributed by atoms with Crippen LogP contribution in [-0.4, -0.2) is 49.3 Å². The molecule has 216 valence electrons. The van der Waals surface area contributed by atoms with Gasteiger partial charge in [0.2, 0.25) is 0 Å². The fourth-order valence-electron chi connectivity index (χ4n) is 4.04. The predicted molar refractivity (Wildman–Crippen MR) is 147 cm³/mol. The zero-order valence-corrected chi connectivity index (χ0v) is 22.9. The number of amides is 1. The van der Waals surface area contributed by atoms with Gasteiger partial charge in [-0.3, -0.25) is 14.6 Å². The van der Waals surface area contributed by atoms with Gasteiger partial charge in [-0.25, -0.2) is 13.2 Å². The van der Waals surface area contributed by atoms with Gasteiger partial charge < -0.3 is 24.6 Å². The lowest BCUT2D eigenvalue weighted by Crippen LogP contribution is -2.30. The Balaban J connectivity index is 0.000000263. The molecule has 11 heteroatoms. The van der Waals surface area contributed by atoms with Crippen molar-refractivity contribution in [2.24, 2.45) is 0 Å². The van der Waals surface area contributed by atoms with Crippen molar-refractivity contribution in [2.75, 3.05) is 27.4 Å². The minimum atomic E-state index is -1.29. The van der Waals surface area contributed by atoms with E-state index in [-0.39, 0.29) is 5.82 Å². The molecule has 2 N–H and O–H groups in total. The van der Waals surface area contributed by atoms with Crippen molar-refractivity contribution < 1.29 is 42.1 Å². The molecule has 0 saturated carbocycles. The van der Waals surface area contributed by atoms with Crippen LogP contribution < -0.4 is 14.8 Å². The van der Waals surface area contributed by atoms with Gasteiger partial charge in [0, 0.05) is 23.8 Å². The maximum Gasteiger partial charge on any atom is 0.322 e. The van der Waals surface area contributed by atoms with E-state index >= 15 is 0 Å². The number of hydrogen-bond acceptors (Lipinski definition) is 6. The molecule has 0 aliphatic carbocycles. The quantitative estimate of drug-likeness (QED) is 0.267. The number of nitrogens with one attached hydrogen (secondary N) is 1. The summed E-state index contributed by atoms with van der Waals surface area (Å²) in [5.74, 6) is -3.55. The maximum absolute atomic E-state index is 14.6. The Morgan fingerprint density at radius 2 is 1.59 bits per heavy atom. The van der Waals surface area contributed by atoms with Crippen LogP contribution in [0.5, 0.6) is 11.5 Å². The summed E-state index contributed by atoms with van der Waals surface area (Å²) in [7, 11) is 3.17. The number of benzene rings is 3. The molecular formula is C30H29F3N2O6. The molecule has 0 saturated heterocycles. The molecule has 4 rings (SSSR count). The van der Waals surface area contributed by atoms with Gasteiger partial charge in [-0.1, -0.05) is 12.1 Å². The summed E-state index contributed by atoms with van der Waals surface area (Å²) in [6.07, 6.45) is 1.70. The number of carboxylic acid groups (broad SMARTS) is 1. The van der Waals surface area contributed by atoms with E-state index in [9.17, 15) is 22.8 Å². The third kappa shape index (κ3) is 7.31. The molecule has 0 spiro atoms. The molecule has 41 heavy (non-hydrogen) atoms. The second-order valence-corrected chi connectivity index (χ2v) is 8.62. The third-order valence-electron chi connectivity index (χ3n) is 5.99. The van der Waals surface area contributed by atoms with Gasteiger partial charge in [0.1, 0.15) is 41.1 Å². The molecule has 0 radical (unpaired) electrons. The molecule has 1 amide bonds. The second-order valence-electron chi connectivity index (χ2n) is 8.62. The van der Waals surface area contributed by atoms with Crippen molar-refractivity contribution in [1.82, 2.24) is 10.3 Å². The number of carboxylic acids is 1. The second kappa shape index (κ2) is 14.1. The van der Waals surface area contributed by atoms with E-state index in [0.717, 1.165) is 29.1 Å². The number of hydrogen-bond donors (Lipinski definition) is 2. The van der Waals surface area contributed by atoms with Crippen LogP contribution in [0.1, 0.15) is 28.4 Å². The molecule has 3 aromatic carbocycles. The molecule has 0 aliphatic rings. The van der Waals surface area contributed by atoms with Crippen LogP contribution in [0.25, 0.3) is 22.0 Å². The fourth-order valence-corrected chi connectivity index (χ4v) is 4.04. The lowest BCUT2D eigenvalue weighted by atomic mass is 9.96. The topological polar surface area (TPSA) is 107 Å². The number of carbonyl (C=O) groups excluding carboxylic acids is 1. The number of carbonyl (C=O) groups is 2. The lowest BCUT2D eigenvalue weighted by Gasteiger charge is -2.17. The lowest BCUT2D eigenvalue weighted by molar-refractivity contribution is -0.135. The zero-order valence-electron chi connectivity index (χ0n) is 22.9. The Kier molecular flexibility index (Phi) is 10.6. The number of nitrogens with zero attached hydrogens (tertiary/aromatic N) is 1. The van der Waals surface area contributed by atoms with E-state index in [0.29, 0.717) is 46.9 Å². The van der Waals surface area contributed by atoms with Crippen molar-refractivity contribution in [1.29, 1.82) is 0 Å². The Labute approximate surface area is 234 Å². The Bertz CT molecular complexity index is 1520. The number of halogens is 3. The number of ether oxygens (including phenoxy) is 3. The van der Waals surface area contributed by atoms with E-state index in [1.54, 1.807) is 33.4 Å². The van der Waals surface area contributed by atoms with Crippen LogP contribution >= 0.6 is 0 Å². The Hall–Kier alpha value is -4.64. The first kappa shape index (κ1) is 30.9. The van der Waals surface area contributed by atoms with Crippen LogP contribution in [0, 0.1) is 24.4 Å². The summed E-state index contributed by atoms with van der Waals surface area (Å²) in [4.78, 5) is 25.7. The molecule has 0 bridgehead atoms. The highest BCUT2D eigenvalue weighted by atomic mass is 19.1. The summed E-state index contributed by atoms with van der Waals surface area (Å²) in [5.41, 5.74) is 2.74. The van der Waals surface area contributed by atoms with Gasteiger partial charge in [-0.15, -0.1) is 0 Å². The highest BCUT2D eigenvalue weighted by Crippen LogP contribution is 2.43. The fraction of sp³-hybridized carbons (Fsp3) is 0.233. The zero-order chi connectivity index (χ0) is 30.1. The first-order valence-corrected chi connectivity index (χ1v) is 12.4. The van der Waals surface area contributed by atoms with Crippen molar-refractivity contribution in [2.45, 2.75) is 20.5 Å². The van der Waals surface area contributed by atoms with Crippen molar-refractivity contribution in [3.63, 3.8) is 0 Å². The van der Waals surface area contributed by atoms with E-state index in [4.69, 9.17) is 19.3 Å².